The summed E-state index contributed by atoms with van der Waals surface area (Å²) in [5, 5.41) is 11.7. The van der Waals surface area contributed by atoms with Gasteiger partial charge in [-0.05, 0) is 36.2 Å². The minimum Gasteiger partial charge on any atom is -0.481 e. The first-order valence-corrected chi connectivity index (χ1v) is 12.7. The van der Waals surface area contributed by atoms with E-state index in [0.29, 0.717) is 40.8 Å². The molecule has 2 aromatic heterocycles. The van der Waals surface area contributed by atoms with E-state index in [0.717, 1.165) is 5.69 Å². The summed E-state index contributed by atoms with van der Waals surface area (Å²) >= 11 is 0. The molecule has 14 heteroatoms. The Morgan fingerprint density at radius 3 is 2.43 bits per heavy atom. The molecule has 42 heavy (non-hydrogen) atoms. The molecule has 0 aliphatic rings. The van der Waals surface area contributed by atoms with Gasteiger partial charge in [-0.15, -0.1) is 0 Å². The summed E-state index contributed by atoms with van der Waals surface area (Å²) in [6.45, 7) is 0.257. The lowest BCUT2D eigenvalue weighted by Crippen LogP contribution is -2.42. The first-order chi connectivity index (χ1) is 20.1. The number of carboxylic acids is 1. The summed E-state index contributed by atoms with van der Waals surface area (Å²) in [6.07, 6.45) is 1.75. The number of fused-ring (bicyclic) bond motifs is 1. The number of nitrogen functional groups attached to an aromatic ring is 2. The van der Waals surface area contributed by atoms with Crippen LogP contribution in [0.25, 0.3) is 11.2 Å². The third kappa shape index (κ3) is 7.50. The van der Waals surface area contributed by atoms with Gasteiger partial charge in [-0.2, -0.15) is 9.97 Å². The molecular formula is C28H28N8O6. The van der Waals surface area contributed by atoms with Crippen molar-refractivity contribution in [2.45, 2.75) is 32.0 Å². The average Bonchev–Trinajstić information content (AvgIpc) is 2.98. The highest BCUT2D eigenvalue weighted by molar-refractivity contribution is 5.97. The standard InChI is InChI=1S/C28H28N8O6/c1-36(13-19-12-31-25-23(32-19)24(29)34-28(30)35-25)20-8-6-18(7-9-20)26(40)33-21(10-11-22(38)39)27(41)42-15-17-4-2-16(14-37)3-5-17/h2-9,12,14,21H,10-11,13,15H2,1H3,(H,33,40)(H,38,39)(H4,29,30,31,34,35). The highest BCUT2D eigenvalue weighted by Crippen LogP contribution is 2.19. The van der Waals surface area contributed by atoms with Crippen LogP contribution in [0, 0.1) is 0 Å². The van der Waals surface area contributed by atoms with Gasteiger partial charge in [0.25, 0.3) is 5.91 Å². The number of aromatic nitrogens is 4. The molecule has 4 rings (SSSR count). The molecule has 0 radical (unpaired) electrons. The van der Waals surface area contributed by atoms with Crippen molar-refractivity contribution in [2.24, 2.45) is 0 Å². The van der Waals surface area contributed by atoms with Crippen molar-refractivity contribution in [1.82, 2.24) is 25.3 Å². The predicted octanol–water partition coefficient (Wildman–Crippen LogP) is 1.74. The largest absolute Gasteiger partial charge is 0.481 e. The normalized spacial score (nSPS) is 11.5. The molecule has 216 valence electrons. The second kappa shape index (κ2) is 13.1. The van der Waals surface area contributed by atoms with Crippen molar-refractivity contribution in [2.75, 3.05) is 23.4 Å². The van der Waals surface area contributed by atoms with Crippen LogP contribution in [0.3, 0.4) is 0 Å². The molecule has 2 aromatic carbocycles. The number of aliphatic carboxylic acids is 1. The molecule has 4 aromatic rings. The maximum atomic E-state index is 12.9. The van der Waals surface area contributed by atoms with Crippen molar-refractivity contribution in [3.8, 4) is 0 Å². The van der Waals surface area contributed by atoms with E-state index in [1.165, 1.54) is 0 Å². The van der Waals surface area contributed by atoms with E-state index < -0.39 is 23.9 Å². The van der Waals surface area contributed by atoms with E-state index in [1.54, 1.807) is 54.7 Å². The molecule has 1 unspecified atom stereocenters. The number of rotatable bonds is 12. The topological polar surface area (TPSA) is 217 Å². The van der Waals surface area contributed by atoms with Gasteiger partial charge in [0.15, 0.2) is 17.0 Å². The number of carboxylic acid groups (broad SMARTS) is 1. The molecule has 1 atom stereocenters. The number of hydrogen-bond acceptors (Lipinski definition) is 12. The molecule has 2 heterocycles. The number of benzene rings is 2. The van der Waals surface area contributed by atoms with Crippen molar-refractivity contribution in [3.63, 3.8) is 0 Å². The van der Waals surface area contributed by atoms with Crippen molar-refractivity contribution in [1.29, 1.82) is 0 Å². The first-order valence-electron chi connectivity index (χ1n) is 12.7. The third-order valence-electron chi connectivity index (χ3n) is 6.20. The number of amides is 1. The molecule has 14 nitrogen and oxygen atoms in total. The summed E-state index contributed by atoms with van der Waals surface area (Å²) < 4.78 is 5.31. The lowest BCUT2D eigenvalue weighted by atomic mass is 10.1. The number of hydrogen-bond donors (Lipinski definition) is 4. The maximum absolute atomic E-state index is 12.9. The lowest BCUT2D eigenvalue weighted by molar-refractivity contribution is -0.147. The Balaban J connectivity index is 1.39. The van der Waals surface area contributed by atoms with E-state index >= 15 is 0 Å². The second-order valence-corrected chi connectivity index (χ2v) is 9.33. The molecule has 0 aliphatic heterocycles. The summed E-state index contributed by atoms with van der Waals surface area (Å²) in [7, 11) is 1.83. The van der Waals surface area contributed by atoms with Gasteiger partial charge in [0.05, 0.1) is 18.4 Å². The van der Waals surface area contributed by atoms with Crippen LogP contribution in [0.15, 0.2) is 54.7 Å². The minimum absolute atomic E-state index is 0.00985. The molecule has 0 saturated carbocycles. The van der Waals surface area contributed by atoms with Gasteiger partial charge >= 0.3 is 11.9 Å². The quantitative estimate of drug-likeness (QED) is 0.141. The number of carbonyl (C=O) groups is 4. The molecule has 0 fully saturated rings. The zero-order chi connectivity index (χ0) is 30.2. The van der Waals surface area contributed by atoms with Crippen LogP contribution in [-0.2, 0) is 27.5 Å². The van der Waals surface area contributed by atoms with Crippen LogP contribution in [0.2, 0.25) is 0 Å². The van der Waals surface area contributed by atoms with E-state index in [4.69, 9.17) is 21.3 Å². The fourth-order valence-corrected chi connectivity index (χ4v) is 3.97. The molecule has 0 saturated heterocycles. The molecule has 6 N–H and O–H groups in total. The fraction of sp³-hybridized carbons (Fsp3) is 0.214. The smallest absolute Gasteiger partial charge is 0.328 e. The second-order valence-electron chi connectivity index (χ2n) is 9.33. The Morgan fingerprint density at radius 2 is 1.76 bits per heavy atom. The number of aldehydes is 1. The van der Waals surface area contributed by atoms with Gasteiger partial charge in [-0.3, -0.25) is 14.4 Å². The highest BCUT2D eigenvalue weighted by atomic mass is 16.5. The van der Waals surface area contributed by atoms with Gasteiger partial charge in [-0.1, -0.05) is 24.3 Å². The maximum Gasteiger partial charge on any atom is 0.328 e. The molecule has 0 aliphatic carbocycles. The third-order valence-corrected chi connectivity index (χ3v) is 6.20. The fourth-order valence-electron chi connectivity index (χ4n) is 3.97. The Kier molecular flexibility index (Phi) is 9.17. The number of esters is 1. The van der Waals surface area contributed by atoms with E-state index in [1.807, 2.05) is 11.9 Å². The van der Waals surface area contributed by atoms with Crippen LogP contribution in [0.4, 0.5) is 17.5 Å². The molecule has 0 bridgehead atoms. The highest BCUT2D eigenvalue weighted by Gasteiger charge is 2.24. The van der Waals surface area contributed by atoms with E-state index in [9.17, 15) is 19.2 Å². The van der Waals surface area contributed by atoms with Gasteiger partial charge < -0.3 is 31.5 Å². The molecular weight excluding hydrogens is 544 g/mol. The first kappa shape index (κ1) is 29.3. The number of nitrogens with two attached hydrogens (primary N) is 2. The number of ether oxygens (including phenoxy) is 1. The lowest BCUT2D eigenvalue weighted by Gasteiger charge is -2.20. The molecule has 0 spiro atoms. The Bertz CT molecular complexity index is 1610. The van der Waals surface area contributed by atoms with Gasteiger partial charge in [0.1, 0.15) is 18.9 Å². The van der Waals surface area contributed by atoms with E-state index in [-0.39, 0.29) is 36.8 Å². The zero-order valence-electron chi connectivity index (χ0n) is 22.6. The van der Waals surface area contributed by atoms with Crippen molar-refractivity contribution >= 4 is 52.7 Å². The van der Waals surface area contributed by atoms with Crippen molar-refractivity contribution < 1.29 is 29.0 Å². The zero-order valence-corrected chi connectivity index (χ0v) is 22.6. The van der Waals surface area contributed by atoms with Crippen LogP contribution >= 0.6 is 0 Å². The predicted molar refractivity (Wildman–Crippen MR) is 152 cm³/mol. The summed E-state index contributed by atoms with van der Waals surface area (Å²) in [5.74, 6) is -2.32. The Morgan fingerprint density at radius 1 is 1.05 bits per heavy atom. The SMILES string of the molecule is CN(Cc1cnc2nc(N)nc(N)c2n1)c1ccc(C(=O)NC(CCC(=O)O)C(=O)OCc2ccc(C=O)cc2)cc1. The van der Waals surface area contributed by atoms with Gasteiger partial charge in [0, 0.05) is 30.3 Å². The van der Waals surface area contributed by atoms with E-state index in [2.05, 4.69) is 25.3 Å². The molecule has 1 amide bonds. The monoisotopic (exact) mass is 572 g/mol. The summed E-state index contributed by atoms with van der Waals surface area (Å²) in [6, 6.07) is 11.8. The van der Waals surface area contributed by atoms with Crippen LogP contribution < -0.4 is 21.7 Å². The van der Waals surface area contributed by atoms with Crippen molar-refractivity contribution in [3.05, 3.63) is 77.1 Å². The number of nitrogens with zero attached hydrogens (tertiary/aromatic N) is 5. The van der Waals surface area contributed by atoms with Crippen LogP contribution in [0.5, 0.6) is 0 Å². The van der Waals surface area contributed by atoms with Crippen LogP contribution in [-0.4, -0.2) is 62.3 Å². The average molecular weight is 573 g/mol. The number of nitrogens with one attached hydrogen (secondary N) is 1. The Labute approximate surface area is 239 Å². The van der Waals surface area contributed by atoms with Crippen LogP contribution in [0.1, 0.15) is 44.8 Å². The summed E-state index contributed by atoms with van der Waals surface area (Å²) in [4.78, 5) is 66.1. The Hall–Kier alpha value is -5.66. The van der Waals surface area contributed by atoms with Gasteiger partial charge in [-0.25, -0.2) is 14.8 Å². The van der Waals surface area contributed by atoms with Gasteiger partial charge in [0.2, 0.25) is 5.95 Å². The minimum atomic E-state index is -1.18. The number of carbonyl (C=O) groups excluding carboxylic acids is 3. The summed E-state index contributed by atoms with van der Waals surface area (Å²) in [5.41, 5.74) is 14.9. The number of anilines is 3.